The molecule has 0 radical (unpaired) electrons. The standard InChI is InChI=1S/C16H16FN/c1-18-16-10-15(16)13-4-2-11(3-5-13)12-6-8-14(17)9-7-12/h2-9,15-16,18H,10H2,1H3/t15-,16+/m0/s1. The van der Waals surface area contributed by atoms with Crippen LogP contribution < -0.4 is 5.32 Å². The average molecular weight is 241 g/mol. The lowest BCUT2D eigenvalue weighted by Crippen LogP contribution is -2.10. The van der Waals surface area contributed by atoms with E-state index < -0.39 is 0 Å². The van der Waals surface area contributed by atoms with E-state index in [2.05, 4.69) is 29.6 Å². The van der Waals surface area contributed by atoms with Crippen molar-refractivity contribution in [2.75, 3.05) is 7.05 Å². The summed E-state index contributed by atoms with van der Waals surface area (Å²) in [7, 11) is 2.01. The van der Waals surface area contributed by atoms with Gasteiger partial charge in [-0.25, -0.2) is 4.39 Å². The van der Waals surface area contributed by atoms with Crippen LogP contribution in [-0.2, 0) is 0 Å². The van der Waals surface area contributed by atoms with E-state index in [-0.39, 0.29) is 5.82 Å². The first-order valence-corrected chi connectivity index (χ1v) is 6.31. The second-order valence-corrected chi connectivity index (χ2v) is 4.87. The van der Waals surface area contributed by atoms with Crippen LogP contribution >= 0.6 is 0 Å². The molecule has 1 N–H and O–H groups in total. The van der Waals surface area contributed by atoms with Crippen LogP contribution in [0.1, 0.15) is 17.9 Å². The number of likely N-dealkylation sites (N-methyl/N-ethyl adjacent to an activating group) is 1. The van der Waals surface area contributed by atoms with Gasteiger partial charge in [-0.1, -0.05) is 36.4 Å². The zero-order chi connectivity index (χ0) is 12.5. The first kappa shape index (κ1) is 11.4. The zero-order valence-corrected chi connectivity index (χ0v) is 10.4. The molecule has 0 bridgehead atoms. The maximum Gasteiger partial charge on any atom is 0.123 e. The zero-order valence-electron chi connectivity index (χ0n) is 10.4. The third-order valence-corrected chi connectivity index (χ3v) is 3.68. The van der Waals surface area contributed by atoms with E-state index in [1.807, 2.05) is 19.2 Å². The molecule has 1 aliphatic rings. The quantitative estimate of drug-likeness (QED) is 0.866. The fourth-order valence-corrected chi connectivity index (χ4v) is 2.45. The van der Waals surface area contributed by atoms with Gasteiger partial charge in [0.1, 0.15) is 5.82 Å². The summed E-state index contributed by atoms with van der Waals surface area (Å²) >= 11 is 0. The Morgan fingerprint density at radius 2 is 1.50 bits per heavy atom. The molecule has 0 spiro atoms. The summed E-state index contributed by atoms with van der Waals surface area (Å²) in [6.45, 7) is 0. The van der Waals surface area contributed by atoms with Crippen LogP contribution in [0.4, 0.5) is 4.39 Å². The van der Waals surface area contributed by atoms with Crippen LogP contribution in [0.3, 0.4) is 0 Å². The Morgan fingerprint density at radius 1 is 0.944 bits per heavy atom. The van der Waals surface area contributed by atoms with Gasteiger partial charge in [-0.05, 0) is 42.3 Å². The van der Waals surface area contributed by atoms with Gasteiger partial charge >= 0.3 is 0 Å². The minimum atomic E-state index is -0.190. The number of benzene rings is 2. The van der Waals surface area contributed by atoms with Crippen molar-refractivity contribution in [1.82, 2.24) is 5.32 Å². The Bertz CT molecular complexity index is 530. The molecule has 18 heavy (non-hydrogen) atoms. The van der Waals surface area contributed by atoms with E-state index in [0.29, 0.717) is 12.0 Å². The Morgan fingerprint density at radius 3 is 2.00 bits per heavy atom. The molecule has 2 aromatic rings. The fourth-order valence-electron chi connectivity index (χ4n) is 2.45. The first-order chi connectivity index (χ1) is 8.78. The third-order valence-electron chi connectivity index (χ3n) is 3.68. The van der Waals surface area contributed by atoms with Crippen molar-refractivity contribution in [1.29, 1.82) is 0 Å². The molecule has 0 aliphatic heterocycles. The summed E-state index contributed by atoms with van der Waals surface area (Å²) in [6, 6.07) is 15.9. The van der Waals surface area contributed by atoms with Gasteiger partial charge in [0.2, 0.25) is 0 Å². The van der Waals surface area contributed by atoms with E-state index in [1.54, 1.807) is 0 Å². The molecule has 92 valence electrons. The number of hydrogen-bond donors (Lipinski definition) is 1. The summed E-state index contributed by atoms with van der Waals surface area (Å²) < 4.78 is 12.9. The molecule has 2 aromatic carbocycles. The molecule has 1 nitrogen and oxygen atoms in total. The Hall–Kier alpha value is -1.67. The molecule has 1 aliphatic carbocycles. The molecule has 0 unspecified atom stereocenters. The highest BCUT2D eigenvalue weighted by atomic mass is 19.1. The molecule has 2 atom stereocenters. The van der Waals surface area contributed by atoms with Crippen molar-refractivity contribution in [3.8, 4) is 11.1 Å². The maximum absolute atomic E-state index is 12.9. The topological polar surface area (TPSA) is 12.0 Å². The molecule has 1 fully saturated rings. The normalized spacial score (nSPS) is 21.9. The maximum atomic E-state index is 12.9. The lowest BCUT2D eigenvalue weighted by atomic mass is 10.0. The molecule has 0 saturated heterocycles. The predicted octanol–water partition coefficient (Wildman–Crippen LogP) is 3.57. The lowest BCUT2D eigenvalue weighted by molar-refractivity contribution is 0.628. The average Bonchev–Trinajstić information content (AvgIpc) is 3.19. The minimum Gasteiger partial charge on any atom is -0.316 e. The Labute approximate surface area is 107 Å². The van der Waals surface area contributed by atoms with Crippen molar-refractivity contribution in [2.24, 2.45) is 0 Å². The highest BCUT2D eigenvalue weighted by Crippen LogP contribution is 2.40. The van der Waals surface area contributed by atoms with E-state index in [1.165, 1.54) is 24.1 Å². The molecule has 3 rings (SSSR count). The number of halogens is 1. The van der Waals surface area contributed by atoms with E-state index in [0.717, 1.165) is 11.1 Å². The number of rotatable bonds is 3. The van der Waals surface area contributed by atoms with Gasteiger partial charge < -0.3 is 5.32 Å². The molecular weight excluding hydrogens is 225 g/mol. The largest absolute Gasteiger partial charge is 0.316 e. The first-order valence-electron chi connectivity index (χ1n) is 6.31. The highest BCUT2D eigenvalue weighted by Gasteiger charge is 2.36. The van der Waals surface area contributed by atoms with Gasteiger partial charge in [0.05, 0.1) is 0 Å². The van der Waals surface area contributed by atoms with Gasteiger partial charge in [-0.15, -0.1) is 0 Å². The van der Waals surface area contributed by atoms with Crippen molar-refractivity contribution in [2.45, 2.75) is 18.4 Å². The van der Waals surface area contributed by atoms with Crippen LogP contribution in [0.25, 0.3) is 11.1 Å². The molecule has 0 heterocycles. The van der Waals surface area contributed by atoms with Crippen LogP contribution in [-0.4, -0.2) is 13.1 Å². The smallest absolute Gasteiger partial charge is 0.123 e. The van der Waals surface area contributed by atoms with Gasteiger partial charge in [0, 0.05) is 12.0 Å². The van der Waals surface area contributed by atoms with E-state index in [9.17, 15) is 4.39 Å². The van der Waals surface area contributed by atoms with Gasteiger partial charge in [0.15, 0.2) is 0 Å². The Balaban J connectivity index is 1.81. The molecule has 1 saturated carbocycles. The summed E-state index contributed by atoms with van der Waals surface area (Å²) in [5, 5.41) is 3.30. The predicted molar refractivity (Wildman–Crippen MR) is 72.0 cm³/mol. The Kier molecular flexibility index (Phi) is 2.88. The van der Waals surface area contributed by atoms with Crippen LogP contribution in [0, 0.1) is 5.82 Å². The summed E-state index contributed by atoms with van der Waals surface area (Å²) in [4.78, 5) is 0. The highest BCUT2D eigenvalue weighted by molar-refractivity contribution is 5.63. The van der Waals surface area contributed by atoms with Gasteiger partial charge in [-0.2, -0.15) is 0 Å². The minimum absolute atomic E-state index is 0.190. The third kappa shape index (κ3) is 2.16. The number of nitrogens with one attached hydrogen (secondary N) is 1. The second-order valence-electron chi connectivity index (χ2n) is 4.87. The van der Waals surface area contributed by atoms with Crippen molar-refractivity contribution < 1.29 is 4.39 Å². The fraction of sp³-hybridized carbons (Fsp3) is 0.250. The number of hydrogen-bond acceptors (Lipinski definition) is 1. The van der Waals surface area contributed by atoms with Crippen molar-refractivity contribution >= 4 is 0 Å². The van der Waals surface area contributed by atoms with Gasteiger partial charge in [0.25, 0.3) is 0 Å². The second kappa shape index (κ2) is 4.54. The molecule has 0 aromatic heterocycles. The summed E-state index contributed by atoms with van der Waals surface area (Å²) in [5.74, 6) is 0.475. The summed E-state index contributed by atoms with van der Waals surface area (Å²) in [5.41, 5.74) is 3.59. The van der Waals surface area contributed by atoms with E-state index >= 15 is 0 Å². The van der Waals surface area contributed by atoms with Crippen LogP contribution in [0.15, 0.2) is 48.5 Å². The molecule has 2 heteroatoms. The molecule has 0 amide bonds. The van der Waals surface area contributed by atoms with E-state index in [4.69, 9.17) is 0 Å². The summed E-state index contributed by atoms with van der Waals surface area (Å²) in [6.07, 6.45) is 1.23. The van der Waals surface area contributed by atoms with Crippen LogP contribution in [0.5, 0.6) is 0 Å². The SMILES string of the molecule is CN[C@@H]1C[C@H]1c1ccc(-c2ccc(F)cc2)cc1. The van der Waals surface area contributed by atoms with Crippen molar-refractivity contribution in [3.05, 3.63) is 59.9 Å². The monoisotopic (exact) mass is 241 g/mol. The van der Waals surface area contributed by atoms with Crippen molar-refractivity contribution in [3.63, 3.8) is 0 Å². The lowest BCUT2D eigenvalue weighted by Gasteiger charge is -2.04. The van der Waals surface area contributed by atoms with Gasteiger partial charge in [-0.3, -0.25) is 0 Å². The van der Waals surface area contributed by atoms with Crippen LogP contribution in [0.2, 0.25) is 0 Å². The molecular formula is C16H16FN.